The van der Waals surface area contributed by atoms with Crippen molar-refractivity contribution < 1.29 is 9.90 Å². The monoisotopic (exact) mass is 238 g/mol. The molecule has 0 bridgehead atoms. The SMILES string of the molecule is O=C(O)c1cc(=O)[nH]n1-c1ccc(Cl)cc1. The topological polar surface area (TPSA) is 75.1 Å². The van der Waals surface area contributed by atoms with Crippen LogP contribution in [0.5, 0.6) is 0 Å². The Hall–Kier alpha value is -2.01. The summed E-state index contributed by atoms with van der Waals surface area (Å²) in [6.45, 7) is 0. The summed E-state index contributed by atoms with van der Waals surface area (Å²) >= 11 is 5.71. The quantitative estimate of drug-likeness (QED) is 0.833. The third-order valence-corrected chi connectivity index (χ3v) is 2.29. The first-order chi connectivity index (χ1) is 7.58. The van der Waals surface area contributed by atoms with Crippen LogP contribution in [0.2, 0.25) is 5.02 Å². The lowest BCUT2D eigenvalue weighted by Gasteiger charge is -2.04. The molecule has 5 nitrogen and oxygen atoms in total. The van der Waals surface area contributed by atoms with Crippen LogP contribution in [0, 0.1) is 0 Å². The maximum absolute atomic E-state index is 11.1. The summed E-state index contributed by atoms with van der Waals surface area (Å²) in [7, 11) is 0. The molecule has 0 aliphatic rings. The molecule has 0 fully saturated rings. The molecule has 0 aliphatic carbocycles. The fourth-order valence-corrected chi connectivity index (χ4v) is 1.47. The van der Waals surface area contributed by atoms with E-state index in [1.807, 2.05) is 0 Å². The molecular weight excluding hydrogens is 232 g/mol. The number of carboxylic acid groups (broad SMARTS) is 1. The van der Waals surface area contributed by atoms with Crippen LogP contribution in [-0.4, -0.2) is 20.9 Å². The predicted octanol–water partition coefficient (Wildman–Crippen LogP) is 1.52. The molecule has 82 valence electrons. The van der Waals surface area contributed by atoms with Crippen molar-refractivity contribution in [1.29, 1.82) is 0 Å². The first-order valence-corrected chi connectivity index (χ1v) is 4.77. The number of carbonyl (C=O) groups is 1. The zero-order valence-electron chi connectivity index (χ0n) is 7.98. The van der Waals surface area contributed by atoms with E-state index in [1.54, 1.807) is 24.3 Å². The van der Waals surface area contributed by atoms with Gasteiger partial charge in [0.05, 0.1) is 5.69 Å². The van der Waals surface area contributed by atoms with Gasteiger partial charge in [0, 0.05) is 11.1 Å². The number of aromatic nitrogens is 2. The minimum atomic E-state index is -1.17. The van der Waals surface area contributed by atoms with Crippen molar-refractivity contribution >= 4 is 17.6 Å². The first-order valence-electron chi connectivity index (χ1n) is 4.39. The van der Waals surface area contributed by atoms with Crippen molar-refractivity contribution in [3.63, 3.8) is 0 Å². The van der Waals surface area contributed by atoms with E-state index in [-0.39, 0.29) is 5.69 Å². The van der Waals surface area contributed by atoms with Gasteiger partial charge in [-0.2, -0.15) is 0 Å². The van der Waals surface area contributed by atoms with Gasteiger partial charge in [-0.3, -0.25) is 9.89 Å². The minimum absolute atomic E-state index is 0.118. The number of nitrogens with one attached hydrogen (secondary N) is 1. The third kappa shape index (κ3) is 1.85. The summed E-state index contributed by atoms with van der Waals surface area (Å²) in [6.07, 6.45) is 0. The number of rotatable bonds is 2. The van der Waals surface area contributed by atoms with Crippen molar-refractivity contribution in [1.82, 2.24) is 9.78 Å². The highest BCUT2D eigenvalue weighted by Gasteiger charge is 2.12. The summed E-state index contributed by atoms with van der Waals surface area (Å²) in [5.41, 5.74) is -0.0522. The highest BCUT2D eigenvalue weighted by Crippen LogP contribution is 2.13. The van der Waals surface area contributed by atoms with Gasteiger partial charge in [0.2, 0.25) is 0 Å². The molecule has 2 N–H and O–H groups in total. The molecule has 1 aromatic heterocycles. The molecule has 0 atom stereocenters. The van der Waals surface area contributed by atoms with Crippen LogP contribution in [0.25, 0.3) is 5.69 Å². The van der Waals surface area contributed by atoms with Crippen LogP contribution in [0.3, 0.4) is 0 Å². The molecule has 0 amide bonds. The second kappa shape index (κ2) is 3.86. The highest BCUT2D eigenvalue weighted by molar-refractivity contribution is 6.30. The van der Waals surface area contributed by atoms with Gasteiger partial charge in [-0.25, -0.2) is 9.48 Å². The van der Waals surface area contributed by atoms with Gasteiger partial charge in [-0.15, -0.1) is 0 Å². The molecule has 0 spiro atoms. The van der Waals surface area contributed by atoms with Gasteiger partial charge in [0.1, 0.15) is 0 Å². The van der Waals surface area contributed by atoms with Crippen molar-refractivity contribution in [3.8, 4) is 5.69 Å². The fraction of sp³-hybridized carbons (Fsp3) is 0. The maximum Gasteiger partial charge on any atom is 0.354 e. The Bertz CT molecular complexity index is 583. The molecule has 0 aliphatic heterocycles. The highest BCUT2D eigenvalue weighted by atomic mass is 35.5. The lowest BCUT2D eigenvalue weighted by atomic mass is 10.3. The van der Waals surface area contributed by atoms with E-state index in [1.165, 1.54) is 4.68 Å². The molecule has 0 saturated carbocycles. The third-order valence-electron chi connectivity index (χ3n) is 2.03. The van der Waals surface area contributed by atoms with Crippen molar-refractivity contribution in [2.45, 2.75) is 0 Å². The van der Waals surface area contributed by atoms with Gasteiger partial charge >= 0.3 is 5.97 Å². The Morgan fingerprint density at radius 2 is 1.94 bits per heavy atom. The first kappa shape index (κ1) is 10.5. The van der Waals surface area contributed by atoms with Crippen LogP contribution in [0.15, 0.2) is 35.1 Å². The second-order valence-corrected chi connectivity index (χ2v) is 3.56. The smallest absolute Gasteiger partial charge is 0.354 e. The summed E-state index contributed by atoms with van der Waals surface area (Å²) in [6, 6.07) is 7.48. The molecule has 2 aromatic rings. The molecule has 0 saturated heterocycles. The van der Waals surface area contributed by atoms with Crippen LogP contribution in [0.4, 0.5) is 0 Å². The molecule has 6 heteroatoms. The molecular formula is C10H7ClN2O3. The molecule has 16 heavy (non-hydrogen) atoms. The average Bonchev–Trinajstić information content (AvgIpc) is 2.61. The van der Waals surface area contributed by atoms with E-state index < -0.39 is 11.5 Å². The van der Waals surface area contributed by atoms with Gasteiger partial charge in [0.25, 0.3) is 5.56 Å². The minimum Gasteiger partial charge on any atom is -0.477 e. The summed E-state index contributed by atoms with van der Waals surface area (Å²) in [4.78, 5) is 22.0. The number of halogens is 1. The number of hydrogen-bond acceptors (Lipinski definition) is 2. The standard InChI is InChI=1S/C10H7ClN2O3/c11-6-1-3-7(4-2-6)13-8(10(15)16)5-9(14)12-13/h1-5H,(H,12,14)(H,15,16). The van der Waals surface area contributed by atoms with Crippen LogP contribution >= 0.6 is 11.6 Å². The second-order valence-electron chi connectivity index (χ2n) is 3.12. The van der Waals surface area contributed by atoms with E-state index in [4.69, 9.17) is 16.7 Å². The number of carboxylic acids is 1. The lowest BCUT2D eigenvalue weighted by molar-refractivity contribution is 0.0687. The van der Waals surface area contributed by atoms with Crippen LogP contribution < -0.4 is 5.56 Å². The number of H-pyrrole nitrogens is 1. The molecule has 2 rings (SSSR count). The van der Waals surface area contributed by atoms with Gasteiger partial charge < -0.3 is 5.11 Å². The average molecular weight is 239 g/mol. The molecule has 0 radical (unpaired) electrons. The summed E-state index contributed by atoms with van der Waals surface area (Å²) in [5, 5.41) is 11.8. The normalized spacial score (nSPS) is 10.3. The summed E-state index contributed by atoms with van der Waals surface area (Å²) < 4.78 is 1.20. The van der Waals surface area contributed by atoms with Gasteiger partial charge in [0.15, 0.2) is 5.69 Å². The molecule has 1 aromatic carbocycles. The van der Waals surface area contributed by atoms with Crippen molar-refractivity contribution in [2.24, 2.45) is 0 Å². The van der Waals surface area contributed by atoms with Crippen molar-refractivity contribution in [3.05, 3.63) is 51.4 Å². The summed E-state index contributed by atoms with van der Waals surface area (Å²) in [5.74, 6) is -1.17. The zero-order chi connectivity index (χ0) is 11.7. The number of hydrogen-bond donors (Lipinski definition) is 2. The molecule has 0 unspecified atom stereocenters. The number of aromatic amines is 1. The zero-order valence-corrected chi connectivity index (χ0v) is 8.73. The molecule has 1 heterocycles. The Morgan fingerprint density at radius 1 is 1.31 bits per heavy atom. The van der Waals surface area contributed by atoms with Gasteiger partial charge in [-0.05, 0) is 24.3 Å². The van der Waals surface area contributed by atoms with Gasteiger partial charge in [-0.1, -0.05) is 11.6 Å². The van der Waals surface area contributed by atoms with Crippen molar-refractivity contribution in [2.75, 3.05) is 0 Å². The number of nitrogens with zero attached hydrogens (tertiary/aromatic N) is 1. The fourth-order valence-electron chi connectivity index (χ4n) is 1.34. The Labute approximate surface area is 94.9 Å². The Balaban J connectivity index is 2.59. The largest absolute Gasteiger partial charge is 0.477 e. The maximum atomic E-state index is 11.1. The Morgan fingerprint density at radius 3 is 2.50 bits per heavy atom. The predicted molar refractivity (Wildman–Crippen MR) is 58.4 cm³/mol. The lowest BCUT2D eigenvalue weighted by Crippen LogP contribution is -2.08. The van der Waals surface area contributed by atoms with E-state index in [9.17, 15) is 9.59 Å². The number of benzene rings is 1. The van der Waals surface area contributed by atoms with E-state index in [0.29, 0.717) is 10.7 Å². The van der Waals surface area contributed by atoms with Crippen LogP contribution in [0.1, 0.15) is 10.5 Å². The van der Waals surface area contributed by atoms with Crippen LogP contribution in [-0.2, 0) is 0 Å². The van der Waals surface area contributed by atoms with E-state index in [0.717, 1.165) is 6.07 Å². The Kier molecular flexibility index (Phi) is 2.54. The number of aromatic carboxylic acids is 1. The van der Waals surface area contributed by atoms with E-state index >= 15 is 0 Å². The van der Waals surface area contributed by atoms with E-state index in [2.05, 4.69) is 5.10 Å².